The van der Waals surface area contributed by atoms with Crippen molar-refractivity contribution in [3.8, 4) is 67.5 Å². The van der Waals surface area contributed by atoms with Crippen molar-refractivity contribution in [3.63, 3.8) is 0 Å². The van der Waals surface area contributed by atoms with Gasteiger partial charge in [0.15, 0.2) is 17.5 Å². The Morgan fingerprint density at radius 2 is 0.741 bits per heavy atom. The van der Waals surface area contributed by atoms with Crippen LogP contribution in [-0.2, 0) is 10.8 Å². The van der Waals surface area contributed by atoms with Gasteiger partial charge in [-0.05, 0) is 85.0 Å². The van der Waals surface area contributed by atoms with Crippen molar-refractivity contribution >= 4 is 0 Å². The van der Waals surface area contributed by atoms with E-state index in [-0.39, 0.29) is 5.41 Å². The van der Waals surface area contributed by atoms with Crippen LogP contribution >= 0.6 is 0 Å². The summed E-state index contributed by atoms with van der Waals surface area (Å²) in [6.07, 6.45) is 0. The lowest BCUT2D eigenvalue weighted by Crippen LogP contribution is -2.28. The maximum absolute atomic E-state index is 5.36. The van der Waals surface area contributed by atoms with Gasteiger partial charge in [0.05, 0.1) is 5.41 Å². The number of nitrogens with zero attached hydrogens (tertiary/aromatic N) is 3. The maximum Gasteiger partial charge on any atom is 0.164 e. The van der Waals surface area contributed by atoms with E-state index in [0.29, 0.717) is 17.5 Å². The number of benzene rings is 8. The zero-order valence-corrected chi connectivity index (χ0v) is 32.4. The molecule has 0 N–H and O–H groups in total. The van der Waals surface area contributed by atoms with Crippen molar-refractivity contribution in [2.45, 2.75) is 24.7 Å². The summed E-state index contributed by atoms with van der Waals surface area (Å²) in [5.41, 5.74) is 17.0. The molecule has 9 aromatic rings. The van der Waals surface area contributed by atoms with Crippen LogP contribution in [-0.4, -0.2) is 15.0 Å². The third kappa shape index (κ3) is 5.10. The number of hydrogen-bond donors (Lipinski definition) is 0. The Morgan fingerprint density at radius 1 is 0.293 bits per heavy atom. The molecule has 1 heterocycles. The molecule has 1 aromatic heterocycles. The van der Waals surface area contributed by atoms with Gasteiger partial charge < -0.3 is 0 Å². The number of aromatic nitrogens is 3. The third-order valence-corrected chi connectivity index (χ3v) is 12.4. The summed E-state index contributed by atoms with van der Waals surface area (Å²) >= 11 is 0. The van der Waals surface area contributed by atoms with Crippen LogP contribution in [0.4, 0.5) is 0 Å². The molecule has 0 unspecified atom stereocenters. The van der Waals surface area contributed by atoms with Crippen molar-refractivity contribution in [2.75, 3.05) is 0 Å². The molecular formula is C55H39N3. The molecule has 2 aliphatic carbocycles. The van der Waals surface area contributed by atoms with Gasteiger partial charge in [0.2, 0.25) is 0 Å². The SMILES string of the molecule is CC1(C)c2ccccc2-c2cc(-c3cc4c(cc3-c3nc(-c5ccccc5)nc(-c5ccccc5)n3)C(c3ccccc3)(c3ccccc3)c3ccccc3-4)ccc21. The van der Waals surface area contributed by atoms with Crippen LogP contribution in [0.5, 0.6) is 0 Å². The van der Waals surface area contributed by atoms with E-state index in [1.54, 1.807) is 0 Å². The number of hydrogen-bond acceptors (Lipinski definition) is 3. The number of fused-ring (bicyclic) bond motifs is 6. The van der Waals surface area contributed by atoms with Crippen molar-refractivity contribution in [3.05, 3.63) is 234 Å². The summed E-state index contributed by atoms with van der Waals surface area (Å²) in [6.45, 7) is 4.67. The Bertz CT molecular complexity index is 2910. The van der Waals surface area contributed by atoms with Gasteiger partial charge in [-0.15, -0.1) is 0 Å². The summed E-state index contributed by atoms with van der Waals surface area (Å²) in [5.74, 6) is 1.92. The number of rotatable bonds is 6. The highest BCUT2D eigenvalue weighted by Gasteiger charge is 2.47. The Kier molecular flexibility index (Phi) is 7.74. The highest BCUT2D eigenvalue weighted by Crippen LogP contribution is 2.58. The van der Waals surface area contributed by atoms with E-state index in [1.807, 2.05) is 36.4 Å². The van der Waals surface area contributed by atoms with Gasteiger partial charge >= 0.3 is 0 Å². The molecule has 0 saturated carbocycles. The molecule has 0 radical (unpaired) electrons. The maximum atomic E-state index is 5.36. The van der Waals surface area contributed by atoms with Crippen molar-refractivity contribution in [1.29, 1.82) is 0 Å². The van der Waals surface area contributed by atoms with Crippen LogP contribution in [0.15, 0.2) is 200 Å². The van der Waals surface area contributed by atoms with E-state index >= 15 is 0 Å². The fraction of sp³-hybridized carbons (Fsp3) is 0.0727. The fourth-order valence-corrected chi connectivity index (χ4v) is 9.73. The smallest absolute Gasteiger partial charge is 0.164 e. The molecular weight excluding hydrogens is 703 g/mol. The lowest BCUT2D eigenvalue weighted by atomic mass is 9.67. The summed E-state index contributed by atoms with van der Waals surface area (Å²) in [4.78, 5) is 15.8. The molecule has 2 aliphatic rings. The Hall–Kier alpha value is -7.23. The largest absolute Gasteiger partial charge is 0.208 e. The van der Waals surface area contributed by atoms with Gasteiger partial charge in [-0.2, -0.15) is 0 Å². The minimum Gasteiger partial charge on any atom is -0.208 e. The van der Waals surface area contributed by atoms with E-state index in [0.717, 1.165) is 27.8 Å². The molecule has 3 heteroatoms. The van der Waals surface area contributed by atoms with Gasteiger partial charge in [0, 0.05) is 22.1 Å². The van der Waals surface area contributed by atoms with Crippen LogP contribution in [0.2, 0.25) is 0 Å². The molecule has 0 spiro atoms. The van der Waals surface area contributed by atoms with Crippen molar-refractivity contribution in [1.82, 2.24) is 15.0 Å². The van der Waals surface area contributed by atoms with Gasteiger partial charge in [-0.1, -0.05) is 196 Å². The zero-order chi connectivity index (χ0) is 38.8. The first kappa shape index (κ1) is 34.1. The van der Waals surface area contributed by atoms with Gasteiger partial charge in [0.25, 0.3) is 0 Å². The molecule has 58 heavy (non-hydrogen) atoms. The molecule has 0 saturated heterocycles. The van der Waals surface area contributed by atoms with E-state index in [1.165, 1.54) is 55.6 Å². The van der Waals surface area contributed by atoms with Gasteiger partial charge in [-0.3, -0.25) is 0 Å². The van der Waals surface area contributed by atoms with E-state index in [4.69, 9.17) is 15.0 Å². The minimum atomic E-state index is -0.583. The predicted molar refractivity (Wildman–Crippen MR) is 236 cm³/mol. The molecule has 0 fully saturated rings. The normalized spacial score (nSPS) is 14.0. The second kappa shape index (κ2) is 13.2. The fourth-order valence-electron chi connectivity index (χ4n) is 9.73. The topological polar surface area (TPSA) is 38.7 Å². The Morgan fingerprint density at radius 3 is 1.33 bits per heavy atom. The van der Waals surface area contributed by atoms with E-state index < -0.39 is 5.41 Å². The van der Waals surface area contributed by atoms with Gasteiger partial charge in [0.1, 0.15) is 0 Å². The minimum absolute atomic E-state index is 0.0987. The summed E-state index contributed by atoms with van der Waals surface area (Å²) < 4.78 is 0. The molecule has 0 bridgehead atoms. The lowest BCUT2D eigenvalue weighted by Gasteiger charge is -2.34. The second-order valence-corrected chi connectivity index (χ2v) is 15.9. The Labute approximate surface area is 339 Å². The van der Waals surface area contributed by atoms with Crippen molar-refractivity contribution in [2.24, 2.45) is 0 Å². The molecule has 8 aromatic carbocycles. The van der Waals surface area contributed by atoms with Crippen LogP contribution in [0.3, 0.4) is 0 Å². The first-order chi connectivity index (χ1) is 28.5. The summed E-state index contributed by atoms with van der Waals surface area (Å²) in [7, 11) is 0. The van der Waals surface area contributed by atoms with E-state index in [9.17, 15) is 0 Å². The molecule has 274 valence electrons. The van der Waals surface area contributed by atoms with Crippen molar-refractivity contribution < 1.29 is 0 Å². The van der Waals surface area contributed by atoms with E-state index in [2.05, 4.69) is 178 Å². The molecule has 3 nitrogen and oxygen atoms in total. The van der Waals surface area contributed by atoms with Gasteiger partial charge in [-0.25, -0.2) is 15.0 Å². The average Bonchev–Trinajstić information content (AvgIpc) is 3.72. The standard InChI is InChI=1S/C55H39N3/c1-54(2)47-29-17-15-27-41(47)44-33-38(31-32-48(44)54)43-34-45-42-28-16-18-30-49(42)55(39-23-11-5-12-24-39,40-25-13-6-14-26-40)50(45)35-46(43)53-57-51(36-19-7-3-8-20-36)56-52(58-53)37-21-9-4-10-22-37/h3-35H,1-2H3. The monoisotopic (exact) mass is 741 g/mol. The summed E-state index contributed by atoms with van der Waals surface area (Å²) in [5, 5.41) is 0. The zero-order valence-electron chi connectivity index (χ0n) is 32.4. The lowest BCUT2D eigenvalue weighted by molar-refractivity contribution is 0.660. The average molecular weight is 742 g/mol. The van der Waals surface area contributed by atoms with Crippen LogP contribution in [0, 0.1) is 0 Å². The van der Waals surface area contributed by atoms with Crippen LogP contribution in [0.1, 0.15) is 47.2 Å². The quantitative estimate of drug-likeness (QED) is 0.170. The van der Waals surface area contributed by atoms with Crippen LogP contribution in [0.25, 0.3) is 67.5 Å². The third-order valence-electron chi connectivity index (χ3n) is 12.4. The first-order valence-electron chi connectivity index (χ1n) is 20.0. The molecule has 0 aliphatic heterocycles. The predicted octanol–water partition coefficient (Wildman–Crippen LogP) is 13.2. The summed E-state index contributed by atoms with van der Waals surface area (Å²) in [6, 6.07) is 72.1. The molecule has 11 rings (SSSR count). The van der Waals surface area contributed by atoms with Crippen LogP contribution < -0.4 is 0 Å². The second-order valence-electron chi connectivity index (χ2n) is 15.9. The first-order valence-corrected chi connectivity index (χ1v) is 20.0. The highest BCUT2D eigenvalue weighted by atomic mass is 15.0. The Balaban J connectivity index is 1.26. The highest BCUT2D eigenvalue weighted by molar-refractivity contribution is 5.95. The molecule has 0 amide bonds. The molecule has 0 atom stereocenters.